The highest BCUT2D eigenvalue weighted by Crippen LogP contribution is 2.21. The Morgan fingerprint density at radius 3 is 2.52 bits per heavy atom. The van der Waals surface area contributed by atoms with E-state index in [1.165, 1.54) is 12.1 Å². The Morgan fingerprint density at radius 1 is 0.960 bits per heavy atom. The summed E-state index contributed by atoms with van der Waals surface area (Å²) in [6.45, 7) is 0.595. The lowest BCUT2D eigenvalue weighted by Crippen LogP contribution is -2.00. The van der Waals surface area contributed by atoms with Gasteiger partial charge >= 0.3 is 5.69 Å². The number of pyridine rings is 1. The van der Waals surface area contributed by atoms with Gasteiger partial charge in [0.2, 0.25) is 0 Å². The van der Waals surface area contributed by atoms with E-state index in [2.05, 4.69) is 20.3 Å². The number of nitrogens with zero attached hydrogens (tertiary/aromatic N) is 1. The Morgan fingerprint density at radius 2 is 1.76 bits per heavy atom. The predicted molar refractivity (Wildman–Crippen MR) is 95.9 cm³/mol. The molecule has 2 heterocycles. The fraction of sp³-hybridized carbons (Fsp3) is 0.0526. The summed E-state index contributed by atoms with van der Waals surface area (Å²) in [5, 5.41) is 3.25. The van der Waals surface area contributed by atoms with Crippen molar-refractivity contribution in [3.63, 3.8) is 0 Å². The Hall–Kier alpha value is -3.41. The van der Waals surface area contributed by atoms with Gasteiger partial charge in [0, 0.05) is 12.1 Å². The third kappa shape index (κ3) is 3.28. The SMILES string of the molecule is O=c1[nH]c2ccc(-c3ccc(NCc4ccc(F)cc4)cn3)cc2[nH]1. The fourth-order valence-corrected chi connectivity index (χ4v) is 2.67. The Balaban J connectivity index is 1.50. The van der Waals surface area contributed by atoms with Crippen LogP contribution in [0.4, 0.5) is 10.1 Å². The summed E-state index contributed by atoms with van der Waals surface area (Å²) in [7, 11) is 0. The average molecular weight is 334 g/mol. The molecule has 124 valence electrons. The van der Waals surface area contributed by atoms with Gasteiger partial charge in [-0.2, -0.15) is 0 Å². The van der Waals surface area contributed by atoms with Gasteiger partial charge < -0.3 is 15.3 Å². The molecule has 5 nitrogen and oxygen atoms in total. The summed E-state index contributed by atoms with van der Waals surface area (Å²) < 4.78 is 12.9. The van der Waals surface area contributed by atoms with Gasteiger partial charge in [0.25, 0.3) is 0 Å². The Labute approximate surface area is 142 Å². The molecule has 0 amide bonds. The lowest BCUT2D eigenvalue weighted by Gasteiger charge is -2.07. The molecule has 0 bridgehead atoms. The third-order valence-electron chi connectivity index (χ3n) is 3.99. The summed E-state index contributed by atoms with van der Waals surface area (Å²) in [6.07, 6.45) is 1.75. The van der Waals surface area contributed by atoms with Crippen LogP contribution in [0.5, 0.6) is 0 Å². The molecule has 0 spiro atoms. The molecule has 0 saturated carbocycles. The van der Waals surface area contributed by atoms with E-state index in [-0.39, 0.29) is 11.5 Å². The summed E-state index contributed by atoms with van der Waals surface area (Å²) in [6, 6.07) is 15.9. The molecule has 0 aliphatic rings. The first-order valence-corrected chi connectivity index (χ1v) is 7.84. The first kappa shape index (κ1) is 15.1. The lowest BCUT2D eigenvalue weighted by atomic mass is 10.1. The van der Waals surface area contributed by atoms with E-state index in [1.807, 2.05) is 30.3 Å². The second-order valence-electron chi connectivity index (χ2n) is 5.75. The predicted octanol–water partition coefficient (Wildman–Crippen LogP) is 3.67. The van der Waals surface area contributed by atoms with Crippen molar-refractivity contribution in [1.29, 1.82) is 0 Å². The van der Waals surface area contributed by atoms with E-state index >= 15 is 0 Å². The molecule has 2 aromatic carbocycles. The highest BCUT2D eigenvalue weighted by molar-refractivity contribution is 5.80. The molecule has 0 radical (unpaired) electrons. The van der Waals surface area contributed by atoms with Crippen LogP contribution in [0.25, 0.3) is 22.3 Å². The minimum absolute atomic E-state index is 0.222. The number of H-pyrrole nitrogens is 2. The zero-order chi connectivity index (χ0) is 17.2. The molecule has 0 saturated heterocycles. The zero-order valence-corrected chi connectivity index (χ0v) is 13.2. The number of hydrogen-bond acceptors (Lipinski definition) is 3. The van der Waals surface area contributed by atoms with Crippen molar-refractivity contribution in [2.75, 3.05) is 5.32 Å². The van der Waals surface area contributed by atoms with Gasteiger partial charge in [-0.3, -0.25) is 4.98 Å². The van der Waals surface area contributed by atoms with Crippen molar-refractivity contribution in [1.82, 2.24) is 15.0 Å². The van der Waals surface area contributed by atoms with Gasteiger partial charge in [-0.1, -0.05) is 18.2 Å². The molecule has 25 heavy (non-hydrogen) atoms. The molecular formula is C19H15FN4O. The van der Waals surface area contributed by atoms with E-state index in [0.29, 0.717) is 6.54 Å². The number of anilines is 1. The summed E-state index contributed by atoms with van der Waals surface area (Å²) in [5.74, 6) is -0.240. The van der Waals surface area contributed by atoms with E-state index in [9.17, 15) is 9.18 Å². The topological polar surface area (TPSA) is 73.6 Å². The third-order valence-corrected chi connectivity index (χ3v) is 3.99. The normalized spacial score (nSPS) is 10.9. The number of imidazole rings is 1. The van der Waals surface area contributed by atoms with Gasteiger partial charge in [-0.15, -0.1) is 0 Å². The lowest BCUT2D eigenvalue weighted by molar-refractivity contribution is 0.627. The van der Waals surface area contributed by atoms with Crippen molar-refractivity contribution in [3.8, 4) is 11.3 Å². The molecule has 0 fully saturated rings. The van der Waals surface area contributed by atoms with Gasteiger partial charge in [0.1, 0.15) is 5.82 Å². The first-order valence-electron chi connectivity index (χ1n) is 7.84. The quantitative estimate of drug-likeness (QED) is 0.533. The van der Waals surface area contributed by atoms with Crippen molar-refractivity contribution < 1.29 is 4.39 Å². The number of aromatic amines is 2. The van der Waals surface area contributed by atoms with Gasteiger partial charge in [-0.25, -0.2) is 9.18 Å². The van der Waals surface area contributed by atoms with E-state index < -0.39 is 0 Å². The number of hydrogen-bond donors (Lipinski definition) is 3. The highest BCUT2D eigenvalue weighted by Gasteiger charge is 2.04. The Bertz CT molecular complexity index is 1070. The number of fused-ring (bicyclic) bond motifs is 1. The highest BCUT2D eigenvalue weighted by atomic mass is 19.1. The standard InChI is InChI=1S/C19H15FN4O/c20-14-4-1-12(2-5-14)10-21-15-6-8-16(22-11-15)13-3-7-17-18(9-13)24-19(25)23-17/h1-9,11,21H,10H2,(H2,23,24,25). The maximum atomic E-state index is 12.9. The number of halogens is 1. The number of nitrogens with one attached hydrogen (secondary N) is 3. The van der Waals surface area contributed by atoms with Gasteiger partial charge in [-0.05, 0) is 42.0 Å². The van der Waals surface area contributed by atoms with Crippen molar-refractivity contribution in [3.05, 3.63) is 82.7 Å². The number of rotatable bonds is 4. The molecule has 0 atom stereocenters. The molecule has 3 N–H and O–H groups in total. The van der Waals surface area contributed by atoms with Crippen LogP contribution >= 0.6 is 0 Å². The van der Waals surface area contributed by atoms with E-state index in [0.717, 1.165) is 33.5 Å². The summed E-state index contributed by atoms with van der Waals surface area (Å²) in [5.41, 5.74) is 4.91. The van der Waals surface area contributed by atoms with Crippen molar-refractivity contribution in [2.24, 2.45) is 0 Å². The second-order valence-corrected chi connectivity index (χ2v) is 5.75. The fourth-order valence-electron chi connectivity index (χ4n) is 2.67. The van der Waals surface area contributed by atoms with Crippen LogP contribution in [0, 0.1) is 5.82 Å². The summed E-state index contributed by atoms with van der Waals surface area (Å²) >= 11 is 0. The molecule has 0 unspecified atom stereocenters. The maximum absolute atomic E-state index is 12.9. The molecule has 4 aromatic rings. The number of benzene rings is 2. The van der Waals surface area contributed by atoms with Crippen LogP contribution in [-0.2, 0) is 6.54 Å². The first-order chi connectivity index (χ1) is 12.2. The molecule has 6 heteroatoms. The minimum atomic E-state index is -0.240. The monoisotopic (exact) mass is 334 g/mol. The smallest absolute Gasteiger partial charge is 0.323 e. The molecule has 2 aromatic heterocycles. The van der Waals surface area contributed by atoms with E-state index in [1.54, 1.807) is 18.3 Å². The largest absolute Gasteiger partial charge is 0.380 e. The van der Waals surface area contributed by atoms with Crippen LogP contribution in [0.2, 0.25) is 0 Å². The summed E-state index contributed by atoms with van der Waals surface area (Å²) in [4.78, 5) is 21.3. The molecule has 4 rings (SSSR count). The van der Waals surface area contributed by atoms with E-state index in [4.69, 9.17) is 0 Å². The average Bonchev–Trinajstić information content (AvgIpc) is 3.01. The maximum Gasteiger partial charge on any atom is 0.323 e. The molecular weight excluding hydrogens is 319 g/mol. The zero-order valence-electron chi connectivity index (χ0n) is 13.2. The van der Waals surface area contributed by atoms with Gasteiger partial charge in [0.15, 0.2) is 0 Å². The minimum Gasteiger partial charge on any atom is -0.380 e. The molecule has 0 aliphatic heterocycles. The molecule has 0 aliphatic carbocycles. The number of aromatic nitrogens is 3. The van der Waals surface area contributed by atoms with Gasteiger partial charge in [0.05, 0.1) is 28.6 Å². The second kappa shape index (κ2) is 6.24. The van der Waals surface area contributed by atoms with Crippen LogP contribution in [0.3, 0.4) is 0 Å². The van der Waals surface area contributed by atoms with Crippen LogP contribution in [0.15, 0.2) is 65.6 Å². The van der Waals surface area contributed by atoms with Crippen molar-refractivity contribution in [2.45, 2.75) is 6.54 Å². The van der Waals surface area contributed by atoms with Crippen molar-refractivity contribution >= 4 is 16.7 Å². The van der Waals surface area contributed by atoms with Crippen LogP contribution < -0.4 is 11.0 Å². The van der Waals surface area contributed by atoms with Crippen LogP contribution in [-0.4, -0.2) is 15.0 Å². The van der Waals surface area contributed by atoms with Crippen LogP contribution in [0.1, 0.15) is 5.56 Å². The Kier molecular flexibility index (Phi) is 3.78.